The maximum Gasteiger partial charge on any atom is 0.293 e. The van der Waals surface area contributed by atoms with E-state index in [2.05, 4.69) is 21.9 Å². The Bertz CT molecular complexity index is 1040. The van der Waals surface area contributed by atoms with Crippen molar-refractivity contribution in [3.63, 3.8) is 0 Å². The van der Waals surface area contributed by atoms with Crippen LogP contribution in [0.4, 0.5) is 17.1 Å². The minimum atomic E-state index is -3.96. The molecule has 1 aliphatic heterocycles. The van der Waals surface area contributed by atoms with Crippen molar-refractivity contribution in [2.45, 2.75) is 44.6 Å². The topological polar surface area (TPSA) is 105 Å². The number of nitrogens with one attached hydrogen (secondary N) is 2. The third-order valence-corrected chi connectivity index (χ3v) is 6.78. The van der Waals surface area contributed by atoms with Crippen molar-refractivity contribution < 1.29 is 13.3 Å². The quantitative estimate of drug-likeness (QED) is 0.508. The summed E-state index contributed by atoms with van der Waals surface area (Å²) in [5.74, 6) is 0. The molecule has 0 saturated carbocycles. The third-order valence-electron chi connectivity index (χ3n) is 5.41. The van der Waals surface area contributed by atoms with Crippen LogP contribution in [0.1, 0.15) is 30.9 Å². The highest BCUT2D eigenvalue weighted by Crippen LogP contribution is 2.30. The summed E-state index contributed by atoms with van der Waals surface area (Å²) >= 11 is 0. The normalized spacial score (nSPS) is 17.5. The number of piperidine rings is 1. The van der Waals surface area contributed by atoms with Gasteiger partial charge in [0.2, 0.25) is 0 Å². The standard InChI is InChI=1S/C21H28N4O4S/c1-4-24-11-5-6-17(14-24)22-20-10-8-18(13-21(20)25(26)27)30(28,29)23-19-9-7-15(2)12-16(19)3/h7-10,12-13,17,22-23H,4-6,11,14H2,1-3H3. The maximum atomic E-state index is 12.8. The van der Waals surface area contributed by atoms with E-state index in [1.165, 1.54) is 12.1 Å². The minimum absolute atomic E-state index is 0.0909. The molecular weight excluding hydrogens is 404 g/mol. The highest BCUT2D eigenvalue weighted by Gasteiger charge is 2.25. The Kier molecular flexibility index (Phi) is 6.62. The molecule has 2 N–H and O–H groups in total. The number of hydrogen-bond acceptors (Lipinski definition) is 6. The molecule has 1 fully saturated rings. The fourth-order valence-corrected chi connectivity index (χ4v) is 4.91. The van der Waals surface area contributed by atoms with Crippen molar-refractivity contribution >= 4 is 27.1 Å². The zero-order valence-electron chi connectivity index (χ0n) is 17.5. The molecule has 0 aliphatic carbocycles. The Labute approximate surface area is 177 Å². The van der Waals surface area contributed by atoms with E-state index < -0.39 is 14.9 Å². The van der Waals surface area contributed by atoms with Crippen molar-refractivity contribution in [3.05, 3.63) is 57.6 Å². The lowest BCUT2D eigenvalue weighted by Crippen LogP contribution is -2.41. The lowest BCUT2D eigenvalue weighted by atomic mass is 10.1. The number of anilines is 2. The summed E-state index contributed by atoms with van der Waals surface area (Å²) in [6.45, 7) is 8.59. The van der Waals surface area contributed by atoms with Crippen LogP contribution in [0.2, 0.25) is 0 Å². The lowest BCUT2D eigenvalue weighted by molar-refractivity contribution is -0.384. The first-order valence-corrected chi connectivity index (χ1v) is 11.6. The van der Waals surface area contributed by atoms with E-state index in [1.807, 2.05) is 26.0 Å². The molecule has 162 valence electrons. The van der Waals surface area contributed by atoms with Crippen LogP contribution in [-0.2, 0) is 10.0 Å². The molecule has 0 bridgehead atoms. The summed E-state index contributed by atoms with van der Waals surface area (Å²) in [5, 5.41) is 14.9. The summed E-state index contributed by atoms with van der Waals surface area (Å²) in [7, 11) is -3.96. The van der Waals surface area contributed by atoms with Crippen molar-refractivity contribution in [2.75, 3.05) is 29.7 Å². The van der Waals surface area contributed by atoms with Gasteiger partial charge in [-0.2, -0.15) is 0 Å². The molecular formula is C21H28N4O4S. The SMILES string of the molecule is CCN1CCCC(Nc2ccc(S(=O)(=O)Nc3ccc(C)cc3C)cc2[N+](=O)[O-])C1. The van der Waals surface area contributed by atoms with Crippen molar-refractivity contribution in [1.82, 2.24) is 4.90 Å². The largest absolute Gasteiger partial charge is 0.375 e. The molecule has 1 aliphatic rings. The summed E-state index contributed by atoms with van der Waals surface area (Å²) < 4.78 is 28.2. The Hall–Kier alpha value is -2.65. The number of nitrogens with zero attached hydrogens (tertiary/aromatic N) is 2. The van der Waals surface area contributed by atoms with E-state index in [0.29, 0.717) is 11.4 Å². The number of likely N-dealkylation sites (N-methyl/N-ethyl adjacent to an activating group) is 1. The van der Waals surface area contributed by atoms with Gasteiger partial charge in [-0.1, -0.05) is 24.6 Å². The van der Waals surface area contributed by atoms with E-state index in [9.17, 15) is 18.5 Å². The molecule has 1 unspecified atom stereocenters. The maximum absolute atomic E-state index is 12.8. The van der Waals surface area contributed by atoms with Crippen molar-refractivity contribution in [1.29, 1.82) is 0 Å². The minimum Gasteiger partial charge on any atom is -0.375 e. The molecule has 0 spiro atoms. The first kappa shape index (κ1) is 22.0. The number of nitro benzene ring substituents is 1. The smallest absolute Gasteiger partial charge is 0.293 e. The molecule has 2 aromatic rings. The van der Waals surface area contributed by atoms with Crippen LogP contribution < -0.4 is 10.0 Å². The monoisotopic (exact) mass is 432 g/mol. The van der Waals surface area contributed by atoms with Gasteiger partial charge in [-0.15, -0.1) is 0 Å². The number of benzene rings is 2. The molecule has 3 rings (SSSR count). The van der Waals surface area contributed by atoms with Crippen LogP contribution in [-0.4, -0.2) is 43.9 Å². The number of nitro groups is 1. The predicted octanol–water partition coefficient (Wildman–Crippen LogP) is 3.91. The zero-order valence-corrected chi connectivity index (χ0v) is 18.3. The molecule has 0 amide bonds. The average molecular weight is 433 g/mol. The van der Waals surface area contributed by atoms with Gasteiger partial charge < -0.3 is 10.2 Å². The van der Waals surface area contributed by atoms with Gasteiger partial charge >= 0.3 is 0 Å². The fourth-order valence-electron chi connectivity index (χ4n) is 3.76. The molecule has 30 heavy (non-hydrogen) atoms. The predicted molar refractivity (Wildman–Crippen MR) is 119 cm³/mol. The average Bonchev–Trinajstić information content (AvgIpc) is 2.70. The number of aryl methyl sites for hydroxylation is 2. The van der Waals surface area contributed by atoms with E-state index in [1.54, 1.807) is 6.07 Å². The summed E-state index contributed by atoms with van der Waals surface area (Å²) in [6.07, 6.45) is 1.94. The number of hydrogen-bond donors (Lipinski definition) is 2. The van der Waals surface area contributed by atoms with Crippen LogP contribution in [0.3, 0.4) is 0 Å². The van der Waals surface area contributed by atoms with Crippen LogP contribution in [0.15, 0.2) is 41.3 Å². The molecule has 0 radical (unpaired) electrons. The van der Waals surface area contributed by atoms with Gasteiger partial charge in [0.25, 0.3) is 15.7 Å². The van der Waals surface area contributed by atoms with Crippen molar-refractivity contribution in [2.24, 2.45) is 0 Å². The van der Waals surface area contributed by atoms with Gasteiger partial charge in [-0.05, 0) is 63.5 Å². The molecule has 1 saturated heterocycles. The Balaban J connectivity index is 1.85. The summed E-state index contributed by atoms with van der Waals surface area (Å²) in [5.41, 5.74) is 2.35. The van der Waals surface area contributed by atoms with Gasteiger partial charge in [0.15, 0.2) is 0 Å². The van der Waals surface area contributed by atoms with Gasteiger partial charge in [-0.3, -0.25) is 14.8 Å². The highest BCUT2D eigenvalue weighted by atomic mass is 32.2. The van der Waals surface area contributed by atoms with E-state index in [4.69, 9.17) is 0 Å². The molecule has 1 atom stereocenters. The number of rotatable bonds is 7. The second-order valence-electron chi connectivity index (χ2n) is 7.74. The third kappa shape index (κ3) is 5.09. The molecule has 1 heterocycles. The highest BCUT2D eigenvalue weighted by molar-refractivity contribution is 7.92. The molecule has 0 aromatic heterocycles. The zero-order chi connectivity index (χ0) is 21.9. The van der Waals surface area contributed by atoms with Crippen LogP contribution >= 0.6 is 0 Å². The first-order valence-electron chi connectivity index (χ1n) is 10.1. The molecule has 9 heteroatoms. The lowest BCUT2D eigenvalue weighted by Gasteiger charge is -2.32. The van der Waals surface area contributed by atoms with E-state index in [0.717, 1.165) is 49.7 Å². The van der Waals surface area contributed by atoms with Gasteiger partial charge in [0.1, 0.15) is 5.69 Å². The van der Waals surface area contributed by atoms with E-state index >= 15 is 0 Å². The van der Waals surface area contributed by atoms with Crippen molar-refractivity contribution in [3.8, 4) is 0 Å². The van der Waals surface area contributed by atoms with Gasteiger partial charge in [0, 0.05) is 18.7 Å². The van der Waals surface area contributed by atoms with Crippen LogP contribution in [0.5, 0.6) is 0 Å². The Morgan fingerprint density at radius 1 is 1.17 bits per heavy atom. The van der Waals surface area contributed by atoms with E-state index in [-0.39, 0.29) is 16.6 Å². The number of sulfonamides is 1. The summed E-state index contributed by atoms with van der Waals surface area (Å²) in [4.78, 5) is 13.3. The Morgan fingerprint density at radius 3 is 2.57 bits per heavy atom. The van der Waals surface area contributed by atoms with Gasteiger partial charge in [-0.25, -0.2) is 8.42 Å². The van der Waals surface area contributed by atoms with Crippen LogP contribution in [0, 0.1) is 24.0 Å². The molecule has 2 aromatic carbocycles. The first-order chi connectivity index (χ1) is 14.2. The fraction of sp³-hybridized carbons (Fsp3) is 0.429. The number of likely N-dealkylation sites (tertiary alicyclic amines) is 1. The van der Waals surface area contributed by atoms with Gasteiger partial charge in [0.05, 0.1) is 15.5 Å². The second kappa shape index (κ2) is 9.01. The van der Waals surface area contributed by atoms with Crippen LogP contribution in [0.25, 0.3) is 0 Å². The summed E-state index contributed by atoms with van der Waals surface area (Å²) in [6, 6.07) is 9.47. The second-order valence-corrected chi connectivity index (χ2v) is 9.42. The molecule has 8 nitrogen and oxygen atoms in total. The Morgan fingerprint density at radius 2 is 1.90 bits per heavy atom.